The molecule has 1 aliphatic heterocycles. The molecule has 0 saturated heterocycles. The van der Waals surface area contributed by atoms with E-state index in [0.29, 0.717) is 6.04 Å². The molecule has 2 heteroatoms. The molecule has 0 aliphatic carbocycles. The van der Waals surface area contributed by atoms with E-state index in [9.17, 15) is 0 Å². The SMILES string of the molecule is c1ccc2c(c1)CC(c1cnc3ccccc3c1)N2. The van der Waals surface area contributed by atoms with Gasteiger partial charge in [0.2, 0.25) is 0 Å². The maximum Gasteiger partial charge on any atom is 0.0702 e. The predicted molar refractivity (Wildman–Crippen MR) is 78.3 cm³/mol. The number of fused-ring (bicyclic) bond motifs is 2. The van der Waals surface area contributed by atoms with Gasteiger partial charge in [-0.1, -0.05) is 36.4 Å². The van der Waals surface area contributed by atoms with Gasteiger partial charge in [-0.2, -0.15) is 0 Å². The zero-order valence-electron chi connectivity index (χ0n) is 10.5. The lowest BCUT2D eigenvalue weighted by molar-refractivity contribution is 0.821. The summed E-state index contributed by atoms with van der Waals surface area (Å²) in [5, 5.41) is 4.78. The largest absolute Gasteiger partial charge is 0.378 e. The van der Waals surface area contributed by atoms with E-state index in [-0.39, 0.29) is 0 Å². The van der Waals surface area contributed by atoms with Crippen molar-refractivity contribution in [2.24, 2.45) is 0 Å². The van der Waals surface area contributed by atoms with Crippen LogP contribution in [0.15, 0.2) is 60.8 Å². The highest BCUT2D eigenvalue weighted by atomic mass is 15.0. The number of nitrogens with one attached hydrogen (secondary N) is 1. The van der Waals surface area contributed by atoms with Crippen LogP contribution < -0.4 is 5.32 Å². The fraction of sp³-hybridized carbons (Fsp3) is 0.118. The van der Waals surface area contributed by atoms with Gasteiger partial charge in [-0.25, -0.2) is 0 Å². The second-order valence-electron chi connectivity index (χ2n) is 5.02. The number of hydrogen-bond donors (Lipinski definition) is 1. The first-order valence-electron chi connectivity index (χ1n) is 6.59. The summed E-state index contributed by atoms with van der Waals surface area (Å²) >= 11 is 0. The monoisotopic (exact) mass is 246 g/mol. The van der Waals surface area contributed by atoms with Crippen LogP contribution in [-0.2, 0) is 6.42 Å². The van der Waals surface area contributed by atoms with Crippen LogP contribution in [-0.4, -0.2) is 4.98 Å². The Kier molecular flexibility index (Phi) is 2.27. The van der Waals surface area contributed by atoms with Crippen molar-refractivity contribution in [1.29, 1.82) is 0 Å². The minimum absolute atomic E-state index is 0.342. The average molecular weight is 246 g/mol. The summed E-state index contributed by atoms with van der Waals surface area (Å²) in [5.41, 5.74) is 4.96. The van der Waals surface area contributed by atoms with Gasteiger partial charge in [0, 0.05) is 17.3 Å². The maximum absolute atomic E-state index is 4.55. The van der Waals surface area contributed by atoms with Crippen LogP contribution in [0.5, 0.6) is 0 Å². The van der Waals surface area contributed by atoms with Crippen LogP contribution in [0, 0.1) is 0 Å². The summed E-state index contributed by atoms with van der Waals surface area (Å²) < 4.78 is 0. The molecule has 0 saturated carbocycles. The molecule has 92 valence electrons. The zero-order valence-corrected chi connectivity index (χ0v) is 10.5. The van der Waals surface area contributed by atoms with Gasteiger partial charge in [-0.3, -0.25) is 4.98 Å². The molecule has 1 N–H and O–H groups in total. The van der Waals surface area contributed by atoms with Gasteiger partial charge in [0.1, 0.15) is 0 Å². The average Bonchev–Trinajstić information content (AvgIpc) is 2.90. The van der Waals surface area contributed by atoms with Crippen molar-refractivity contribution in [2.45, 2.75) is 12.5 Å². The summed E-state index contributed by atoms with van der Waals surface area (Å²) in [6.07, 6.45) is 3.03. The van der Waals surface area contributed by atoms with Crippen LogP contribution in [0.25, 0.3) is 10.9 Å². The predicted octanol–water partition coefficient (Wildman–Crippen LogP) is 3.94. The lowest BCUT2D eigenvalue weighted by atomic mass is 10.0. The van der Waals surface area contributed by atoms with Crippen molar-refractivity contribution in [3.8, 4) is 0 Å². The van der Waals surface area contributed by atoms with Gasteiger partial charge in [-0.05, 0) is 35.7 Å². The Bertz CT molecular complexity index is 724. The standard InChI is InChI=1S/C17H14N2/c1-3-7-15-12(5-1)9-14(11-18-15)17-10-13-6-2-4-8-16(13)19-17/h1-9,11,17,19H,10H2. The first-order chi connectivity index (χ1) is 9.40. The van der Waals surface area contributed by atoms with E-state index in [0.717, 1.165) is 11.9 Å². The smallest absolute Gasteiger partial charge is 0.0702 e. The van der Waals surface area contributed by atoms with Crippen molar-refractivity contribution >= 4 is 16.6 Å². The molecule has 19 heavy (non-hydrogen) atoms. The molecule has 4 rings (SSSR count). The Morgan fingerprint density at radius 2 is 1.84 bits per heavy atom. The maximum atomic E-state index is 4.55. The molecular formula is C17H14N2. The molecule has 0 spiro atoms. The summed E-state index contributed by atoms with van der Waals surface area (Å²) in [7, 11) is 0. The molecule has 2 aromatic carbocycles. The molecule has 1 unspecified atom stereocenters. The molecule has 3 aromatic rings. The summed E-state index contributed by atoms with van der Waals surface area (Å²) in [5.74, 6) is 0. The lowest BCUT2D eigenvalue weighted by Crippen LogP contribution is -2.06. The Balaban J connectivity index is 1.73. The molecule has 2 heterocycles. The van der Waals surface area contributed by atoms with E-state index in [2.05, 4.69) is 58.8 Å². The van der Waals surface area contributed by atoms with E-state index in [1.165, 1.54) is 22.2 Å². The molecular weight excluding hydrogens is 232 g/mol. The minimum atomic E-state index is 0.342. The zero-order chi connectivity index (χ0) is 12.7. The normalized spacial score (nSPS) is 17.2. The molecule has 0 amide bonds. The van der Waals surface area contributed by atoms with Crippen molar-refractivity contribution < 1.29 is 0 Å². The number of nitrogens with zero attached hydrogens (tertiary/aromatic N) is 1. The highest BCUT2D eigenvalue weighted by Gasteiger charge is 2.21. The van der Waals surface area contributed by atoms with Crippen LogP contribution >= 0.6 is 0 Å². The van der Waals surface area contributed by atoms with Gasteiger partial charge in [0.05, 0.1) is 11.6 Å². The molecule has 0 bridgehead atoms. The van der Waals surface area contributed by atoms with E-state index >= 15 is 0 Å². The van der Waals surface area contributed by atoms with Crippen molar-refractivity contribution in [1.82, 2.24) is 4.98 Å². The van der Waals surface area contributed by atoms with Crippen LogP contribution in [0.4, 0.5) is 5.69 Å². The number of rotatable bonds is 1. The minimum Gasteiger partial charge on any atom is -0.378 e. The molecule has 2 nitrogen and oxygen atoms in total. The Morgan fingerprint density at radius 3 is 2.79 bits per heavy atom. The number of para-hydroxylation sites is 2. The van der Waals surface area contributed by atoms with Crippen molar-refractivity contribution in [3.63, 3.8) is 0 Å². The van der Waals surface area contributed by atoms with Gasteiger partial charge < -0.3 is 5.32 Å². The number of benzene rings is 2. The topological polar surface area (TPSA) is 24.9 Å². The Morgan fingerprint density at radius 1 is 1.00 bits per heavy atom. The van der Waals surface area contributed by atoms with Gasteiger partial charge in [0.15, 0.2) is 0 Å². The van der Waals surface area contributed by atoms with Crippen LogP contribution in [0.2, 0.25) is 0 Å². The lowest BCUT2D eigenvalue weighted by Gasteiger charge is -2.12. The first-order valence-corrected chi connectivity index (χ1v) is 6.59. The molecule has 0 radical (unpaired) electrons. The van der Waals surface area contributed by atoms with E-state index in [1.54, 1.807) is 0 Å². The number of anilines is 1. The molecule has 1 atom stereocenters. The molecule has 1 aliphatic rings. The van der Waals surface area contributed by atoms with E-state index < -0.39 is 0 Å². The first kappa shape index (κ1) is 10.6. The summed E-state index contributed by atoms with van der Waals surface area (Å²) in [4.78, 5) is 4.55. The second-order valence-corrected chi connectivity index (χ2v) is 5.02. The third-order valence-electron chi connectivity index (χ3n) is 3.79. The third kappa shape index (κ3) is 1.76. The summed E-state index contributed by atoms with van der Waals surface area (Å²) in [6.45, 7) is 0. The Labute approximate surface area is 112 Å². The van der Waals surface area contributed by atoms with Gasteiger partial charge in [0.25, 0.3) is 0 Å². The van der Waals surface area contributed by atoms with Crippen LogP contribution in [0.1, 0.15) is 17.2 Å². The van der Waals surface area contributed by atoms with Gasteiger partial charge in [-0.15, -0.1) is 0 Å². The van der Waals surface area contributed by atoms with Crippen molar-refractivity contribution in [2.75, 3.05) is 5.32 Å². The highest BCUT2D eigenvalue weighted by Crippen LogP contribution is 2.34. The third-order valence-corrected chi connectivity index (χ3v) is 3.79. The number of pyridine rings is 1. The number of aromatic nitrogens is 1. The fourth-order valence-electron chi connectivity index (χ4n) is 2.78. The van der Waals surface area contributed by atoms with Gasteiger partial charge >= 0.3 is 0 Å². The van der Waals surface area contributed by atoms with Crippen LogP contribution in [0.3, 0.4) is 0 Å². The molecule has 1 aromatic heterocycles. The van der Waals surface area contributed by atoms with E-state index in [1.807, 2.05) is 12.3 Å². The summed E-state index contributed by atoms with van der Waals surface area (Å²) in [6, 6.07) is 19.4. The quantitative estimate of drug-likeness (QED) is 0.703. The van der Waals surface area contributed by atoms with Crippen molar-refractivity contribution in [3.05, 3.63) is 71.9 Å². The number of hydrogen-bond acceptors (Lipinski definition) is 2. The Hall–Kier alpha value is -2.35. The second kappa shape index (κ2) is 4.09. The van der Waals surface area contributed by atoms with E-state index in [4.69, 9.17) is 0 Å². The molecule has 0 fully saturated rings. The highest BCUT2D eigenvalue weighted by molar-refractivity contribution is 5.79. The fourth-order valence-corrected chi connectivity index (χ4v) is 2.78.